The lowest BCUT2D eigenvalue weighted by molar-refractivity contribution is 0.272. The van der Waals surface area contributed by atoms with E-state index in [1.165, 1.54) is 5.84 Å². The molecule has 1 N–H and O–H groups in total. The average Bonchev–Trinajstić information content (AvgIpc) is 2.15. The maximum absolute atomic E-state index is 4.61. The highest BCUT2D eigenvalue weighted by atomic mass is 15.3. The molecular formula is C11H23N3. The van der Waals surface area contributed by atoms with Crippen LogP contribution in [0.25, 0.3) is 0 Å². The smallest absolute Gasteiger partial charge is 0.0960 e. The highest BCUT2D eigenvalue weighted by Crippen LogP contribution is 2.04. The third-order valence-corrected chi connectivity index (χ3v) is 2.60. The first-order chi connectivity index (χ1) is 6.61. The molecule has 1 unspecified atom stereocenters. The largest absolute Gasteiger partial charge is 0.355 e. The molecule has 1 atom stereocenters. The van der Waals surface area contributed by atoms with Gasteiger partial charge in [-0.05, 0) is 19.8 Å². The molecule has 14 heavy (non-hydrogen) atoms. The summed E-state index contributed by atoms with van der Waals surface area (Å²) in [5.41, 5.74) is 0. The first-order valence-electron chi connectivity index (χ1n) is 5.59. The summed E-state index contributed by atoms with van der Waals surface area (Å²) in [6, 6.07) is 0.583. The van der Waals surface area contributed by atoms with Gasteiger partial charge in [-0.15, -0.1) is 0 Å². The van der Waals surface area contributed by atoms with Gasteiger partial charge >= 0.3 is 0 Å². The molecule has 1 aliphatic rings. The van der Waals surface area contributed by atoms with Gasteiger partial charge in [-0.25, -0.2) is 0 Å². The zero-order chi connectivity index (χ0) is 10.6. The summed E-state index contributed by atoms with van der Waals surface area (Å²) in [5.74, 6) is 1.86. The second-order valence-electron chi connectivity index (χ2n) is 4.53. The fraction of sp³-hybridized carbons (Fsp3) is 0.909. The van der Waals surface area contributed by atoms with Crippen molar-refractivity contribution in [3.63, 3.8) is 0 Å². The van der Waals surface area contributed by atoms with Crippen molar-refractivity contribution in [2.24, 2.45) is 10.9 Å². The lowest BCUT2D eigenvalue weighted by Crippen LogP contribution is -2.51. The quantitative estimate of drug-likeness (QED) is 0.534. The van der Waals surface area contributed by atoms with E-state index in [-0.39, 0.29) is 0 Å². The Kier molecular flexibility index (Phi) is 4.39. The Labute approximate surface area is 87.6 Å². The SMILES string of the molecule is CC(=NCC(C)C)N1CCNCC1C. The second-order valence-corrected chi connectivity index (χ2v) is 4.53. The van der Waals surface area contributed by atoms with Crippen LogP contribution in [0.1, 0.15) is 27.7 Å². The monoisotopic (exact) mass is 197 g/mol. The highest BCUT2D eigenvalue weighted by Gasteiger charge is 2.18. The van der Waals surface area contributed by atoms with Gasteiger partial charge in [-0.3, -0.25) is 4.99 Å². The molecule has 0 aromatic rings. The van der Waals surface area contributed by atoms with Gasteiger partial charge in [0, 0.05) is 32.2 Å². The summed E-state index contributed by atoms with van der Waals surface area (Å²) >= 11 is 0. The number of piperazine rings is 1. The zero-order valence-electron chi connectivity index (χ0n) is 9.88. The minimum atomic E-state index is 0.583. The highest BCUT2D eigenvalue weighted by molar-refractivity contribution is 5.80. The number of amidine groups is 1. The Morgan fingerprint density at radius 3 is 2.86 bits per heavy atom. The zero-order valence-corrected chi connectivity index (χ0v) is 9.88. The third-order valence-electron chi connectivity index (χ3n) is 2.60. The van der Waals surface area contributed by atoms with Gasteiger partial charge in [0.05, 0.1) is 5.84 Å². The Balaban J connectivity index is 2.48. The molecule has 0 amide bonds. The molecule has 1 rings (SSSR count). The lowest BCUT2D eigenvalue weighted by Gasteiger charge is -2.35. The van der Waals surface area contributed by atoms with Crippen LogP contribution in [0.3, 0.4) is 0 Å². The molecule has 3 heteroatoms. The lowest BCUT2D eigenvalue weighted by atomic mass is 10.2. The first-order valence-corrected chi connectivity index (χ1v) is 5.59. The Hall–Kier alpha value is -0.570. The predicted molar refractivity (Wildman–Crippen MR) is 61.9 cm³/mol. The van der Waals surface area contributed by atoms with Gasteiger partial charge in [0.1, 0.15) is 0 Å². The van der Waals surface area contributed by atoms with Crippen molar-refractivity contribution < 1.29 is 0 Å². The number of nitrogens with one attached hydrogen (secondary N) is 1. The van der Waals surface area contributed by atoms with Crippen molar-refractivity contribution in [2.45, 2.75) is 33.7 Å². The van der Waals surface area contributed by atoms with Gasteiger partial charge in [0.2, 0.25) is 0 Å². The van der Waals surface area contributed by atoms with Gasteiger partial charge in [-0.1, -0.05) is 13.8 Å². The maximum Gasteiger partial charge on any atom is 0.0960 e. The van der Waals surface area contributed by atoms with Crippen LogP contribution in [0.4, 0.5) is 0 Å². The van der Waals surface area contributed by atoms with Crippen LogP contribution in [0.2, 0.25) is 0 Å². The molecule has 0 spiro atoms. The molecule has 0 aromatic heterocycles. The van der Waals surface area contributed by atoms with Crippen molar-refractivity contribution in [3.8, 4) is 0 Å². The maximum atomic E-state index is 4.61. The summed E-state index contributed by atoms with van der Waals surface area (Å²) in [5, 5.41) is 3.39. The molecule has 1 saturated heterocycles. The minimum Gasteiger partial charge on any atom is -0.355 e. The van der Waals surface area contributed by atoms with E-state index in [0.717, 1.165) is 26.2 Å². The number of hydrogen-bond acceptors (Lipinski definition) is 2. The Morgan fingerprint density at radius 2 is 2.29 bits per heavy atom. The van der Waals surface area contributed by atoms with Crippen molar-refractivity contribution in [1.82, 2.24) is 10.2 Å². The molecule has 1 heterocycles. The summed E-state index contributed by atoms with van der Waals surface area (Å²) < 4.78 is 0. The summed E-state index contributed by atoms with van der Waals surface area (Å²) in [4.78, 5) is 7.01. The van der Waals surface area contributed by atoms with Crippen LogP contribution in [0, 0.1) is 5.92 Å². The standard InChI is InChI=1S/C11H23N3/c1-9(2)7-13-11(4)14-6-5-12-8-10(14)3/h9-10,12H,5-8H2,1-4H3. The molecule has 3 nitrogen and oxygen atoms in total. The average molecular weight is 197 g/mol. The number of aliphatic imine (C=N–C) groups is 1. The topological polar surface area (TPSA) is 27.6 Å². The van der Waals surface area contributed by atoms with E-state index < -0.39 is 0 Å². The van der Waals surface area contributed by atoms with E-state index in [2.05, 4.69) is 42.9 Å². The van der Waals surface area contributed by atoms with E-state index >= 15 is 0 Å². The molecule has 0 aromatic carbocycles. The van der Waals surface area contributed by atoms with Crippen molar-refractivity contribution in [3.05, 3.63) is 0 Å². The van der Waals surface area contributed by atoms with Crippen LogP contribution in [0.5, 0.6) is 0 Å². The molecule has 0 bridgehead atoms. The van der Waals surface area contributed by atoms with E-state index in [1.807, 2.05) is 0 Å². The van der Waals surface area contributed by atoms with Crippen LogP contribution in [-0.2, 0) is 0 Å². The van der Waals surface area contributed by atoms with Gasteiger partial charge in [-0.2, -0.15) is 0 Å². The second kappa shape index (κ2) is 5.35. The van der Waals surface area contributed by atoms with Gasteiger partial charge in [0.25, 0.3) is 0 Å². The van der Waals surface area contributed by atoms with Crippen molar-refractivity contribution >= 4 is 5.84 Å². The molecule has 0 aliphatic carbocycles. The first kappa shape index (κ1) is 11.5. The van der Waals surface area contributed by atoms with Crippen LogP contribution in [0.15, 0.2) is 4.99 Å². The predicted octanol–water partition coefficient (Wildman–Crippen LogP) is 1.35. The van der Waals surface area contributed by atoms with Crippen molar-refractivity contribution in [1.29, 1.82) is 0 Å². The van der Waals surface area contributed by atoms with Crippen molar-refractivity contribution in [2.75, 3.05) is 26.2 Å². The molecule has 82 valence electrons. The molecule has 1 fully saturated rings. The Morgan fingerprint density at radius 1 is 1.57 bits per heavy atom. The number of hydrogen-bond donors (Lipinski definition) is 1. The van der Waals surface area contributed by atoms with E-state index in [0.29, 0.717) is 12.0 Å². The Bertz CT molecular complexity index is 199. The van der Waals surface area contributed by atoms with Crippen LogP contribution in [-0.4, -0.2) is 43.0 Å². The number of nitrogens with zero attached hydrogens (tertiary/aromatic N) is 2. The van der Waals surface area contributed by atoms with Crippen LogP contribution < -0.4 is 5.32 Å². The fourth-order valence-corrected chi connectivity index (χ4v) is 1.73. The van der Waals surface area contributed by atoms with E-state index in [4.69, 9.17) is 0 Å². The summed E-state index contributed by atoms with van der Waals surface area (Å²) in [6.07, 6.45) is 0. The van der Waals surface area contributed by atoms with E-state index in [1.54, 1.807) is 0 Å². The van der Waals surface area contributed by atoms with Gasteiger partial charge < -0.3 is 10.2 Å². The normalized spacial score (nSPS) is 24.5. The summed E-state index contributed by atoms with van der Waals surface area (Å²) in [7, 11) is 0. The van der Waals surface area contributed by atoms with Crippen LogP contribution >= 0.6 is 0 Å². The molecular weight excluding hydrogens is 174 g/mol. The fourth-order valence-electron chi connectivity index (χ4n) is 1.73. The molecule has 1 aliphatic heterocycles. The van der Waals surface area contributed by atoms with E-state index in [9.17, 15) is 0 Å². The third kappa shape index (κ3) is 3.29. The van der Waals surface area contributed by atoms with Gasteiger partial charge in [0.15, 0.2) is 0 Å². The summed E-state index contributed by atoms with van der Waals surface area (Å²) in [6.45, 7) is 13.0. The molecule has 0 radical (unpaired) electrons. The minimum absolute atomic E-state index is 0.583. The number of rotatable bonds is 2. The molecule has 0 saturated carbocycles.